The maximum absolute atomic E-state index is 11.8. The normalized spacial score (nSPS) is 15.8. The summed E-state index contributed by atoms with van der Waals surface area (Å²) < 4.78 is 26.1. The van der Waals surface area contributed by atoms with Gasteiger partial charge in [-0.25, -0.2) is 8.42 Å². The zero-order chi connectivity index (χ0) is 12.3. The van der Waals surface area contributed by atoms with Gasteiger partial charge in [0.2, 0.25) is 10.0 Å². The van der Waals surface area contributed by atoms with Gasteiger partial charge in [-0.2, -0.15) is 0 Å². The molecule has 2 N–H and O–H groups in total. The molecule has 1 aromatic heterocycles. The lowest BCUT2D eigenvalue weighted by Crippen LogP contribution is -2.28. The molecule has 2 rings (SSSR count). The van der Waals surface area contributed by atoms with Gasteiger partial charge in [-0.05, 0) is 31.4 Å². The molecule has 0 saturated heterocycles. The number of nitrogens with one attached hydrogen (secondary N) is 2. The average Bonchev–Trinajstić information content (AvgIpc) is 3.05. The smallest absolute Gasteiger partial charge is 0.233 e. The van der Waals surface area contributed by atoms with E-state index in [9.17, 15) is 8.42 Å². The number of aromatic nitrogens is 1. The fraction of sp³-hybridized carbons (Fsp3) is 0.545. The van der Waals surface area contributed by atoms with E-state index in [4.69, 9.17) is 0 Å². The lowest BCUT2D eigenvalue weighted by Gasteiger charge is -2.10. The Balaban J connectivity index is 1.89. The van der Waals surface area contributed by atoms with Crippen molar-refractivity contribution in [3.05, 3.63) is 24.0 Å². The molecular weight excluding hydrogens is 238 g/mol. The van der Waals surface area contributed by atoms with Crippen molar-refractivity contribution in [1.29, 1.82) is 0 Å². The minimum absolute atomic E-state index is 0.102. The molecule has 0 atom stereocenters. The third kappa shape index (κ3) is 3.98. The van der Waals surface area contributed by atoms with Gasteiger partial charge in [0.1, 0.15) is 0 Å². The Hall–Kier alpha value is -1.14. The van der Waals surface area contributed by atoms with Crippen molar-refractivity contribution in [3.63, 3.8) is 0 Å². The van der Waals surface area contributed by atoms with Crippen LogP contribution < -0.4 is 10.0 Å². The van der Waals surface area contributed by atoms with Gasteiger partial charge in [0, 0.05) is 25.0 Å². The molecule has 1 aliphatic carbocycles. The molecule has 0 bridgehead atoms. The first-order valence-electron chi connectivity index (χ1n) is 5.71. The second-order valence-electron chi connectivity index (χ2n) is 4.34. The Morgan fingerprint density at radius 2 is 2.24 bits per heavy atom. The molecule has 1 saturated carbocycles. The van der Waals surface area contributed by atoms with Gasteiger partial charge in [0.05, 0.1) is 11.4 Å². The fourth-order valence-electron chi connectivity index (χ4n) is 1.49. The first kappa shape index (κ1) is 12.3. The molecule has 0 aliphatic heterocycles. The van der Waals surface area contributed by atoms with Crippen LogP contribution in [0.3, 0.4) is 0 Å². The van der Waals surface area contributed by atoms with Crippen LogP contribution in [-0.4, -0.2) is 31.7 Å². The summed E-state index contributed by atoms with van der Waals surface area (Å²) in [6, 6.07) is 2.20. The highest BCUT2D eigenvalue weighted by Gasteiger charge is 2.21. The van der Waals surface area contributed by atoms with Crippen LogP contribution in [0, 0.1) is 6.92 Å². The van der Waals surface area contributed by atoms with E-state index in [2.05, 4.69) is 15.0 Å². The van der Waals surface area contributed by atoms with E-state index < -0.39 is 10.0 Å². The molecule has 6 heteroatoms. The topological polar surface area (TPSA) is 71.1 Å². The van der Waals surface area contributed by atoms with E-state index in [1.165, 1.54) is 0 Å². The van der Waals surface area contributed by atoms with E-state index in [0.717, 1.165) is 18.4 Å². The van der Waals surface area contributed by atoms with E-state index in [1.807, 2.05) is 6.92 Å². The third-order valence-corrected chi connectivity index (χ3v) is 3.94. The standard InChI is InChI=1S/C11H17N3O2S/c1-9-8-12-5-4-11(9)14-17(15,16)7-6-13-10-2-3-10/h4-5,8,10,13H,2-3,6-7H2,1H3,(H,12,14). The van der Waals surface area contributed by atoms with E-state index in [0.29, 0.717) is 18.3 Å². The van der Waals surface area contributed by atoms with Crippen LogP contribution in [0.1, 0.15) is 18.4 Å². The molecule has 5 nitrogen and oxygen atoms in total. The number of sulfonamides is 1. The monoisotopic (exact) mass is 255 g/mol. The van der Waals surface area contributed by atoms with Crippen molar-refractivity contribution in [2.24, 2.45) is 0 Å². The Kier molecular flexibility index (Phi) is 3.63. The molecule has 0 amide bonds. The van der Waals surface area contributed by atoms with Gasteiger partial charge in [-0.3, -0.25) is 9.71 Å². The zero-order valence-corrected chi connectivity index (χ0v) is 10.6. The predicted molar refractivity (Wildman–Crippen MR) is 67.4 cm³/mol. The number of rotatable bonds is 6. The highest BCUT2D eigenvalue weighted by atomic mass is 32.2. The predicted octanol–water partition coefficient (Wildman–Crippen LogP) is 0.884. The Morgan fingerprint density at radius 3 is 2.88 bits per heavy atom. The van der Waals surface area contributed by atoms with Crippen molar-refractivity contribution in [2.45, 2.75) is 25.8 Å². The number of aryl methyl sites for hydroxylation is 1. The summed E-state index contributed by atoms with van der Waals surface area (Å²) in [5.41, 5.74) is 1.43. The maximum atomic E-state index is 11.8. The highest BCUT2D eigenvalue weighted by molar-refractivity contribution is 7.92. The maximum Gasteiger partial charge on any atom is 0.233 e. The van der Waals surface area contributed by atoms with Gasteiger partial charge in [0.15, 0.2) is 0 Å². The van der Waals surface area contributed by atoms with Crippen molar-refractivity contribution in [3.8, 4) is 0 Å². The molecule has 0 spiro atoms. The highest BCUT2D eigenvalue weighted by Crippen LogP contribution is 2.18. The average molecular weight is 255 g/mol. The molecule has 0 aromatic carbocycles. The van der Waals surface area contributed by atoms with Gasteiger partial charge >= 0.3 is 0 Å². The second kappa shape index (κ2) is 5.01. The lowest BCUT2D eigenvalue weighted by atomic mass is 10.3. The van der Waals surface area contributed by atoms with E-state index >= 15 is 0 Å². The molecule has 0 radical (unpaired) electrons. The molecular formula is C11H17N3O2S. The van der Waals surface area contributed by atoms with Crippen molar-refractivity contribution < 1.29 is 8.42 Å². The Bertz CT molecular complexity index is 483. The van der Waals surface area contributed by atoms with Gasteiger partial charge in [-0.1, -0.05) is 0 Å². The Labute approximate surface area is 102 Å². The SMILES string of the molecule is Cc1cnccc1NS(=O)(=O)CCNC1CC1. The number of pyridine rings is 1. The minimum Gasteiger partial charge on any atom is -0.313 e. The van der Waals surface area contributed by atoms with Crippen LogP contribution >= 0.6 is 0 Å². The lowest BCUT2D eigenvalue weighted by molar-refractivity contribution is 0.595. The number of hydrogen-bond acceptors (Lipinski definition) is 4. The first-order valence-corrected chi connectivity index (χ1v) is 7.36. The molecule has 1 aromatic rings. The zero-order valence-electron chi connectivity index (χ0n) is 9.81. The molecule has 17 heavy (non-hydrogen) atoms. The molecule has 94 valence electrons. The first-order chi connectivity index (χ1) is 8.07. The molecule has 1 aliphatic rings. The fourth-order valence-corrected chi connectivity index (χ4v) is 2.54. The summed E-state index contributed by atoms with van der Waals surface area (Å²) in [6.07, 6.45) is 5.54. The van der Waals surface area contributed by atoms with Gasteiger partial charge < -0.3 is 5.32 Å². The number of anilines is 1. The summed E-state index contributed by atoms with van der Waals surface area (Å²) in [4.78, 5) is 3.92. The van der Waals surface area contributed by atoms with Crippen molar-refractivity contribution in [1.82, 2.24) is 10.3 Å². The summed E-state index contributed by atoms with van der Waals surface area (Å²) in [5.74, 6) is 0.102. The van der Waals surface area contributed by atoms with Crippen LogP contribution in [0.15, 0.2) is 18.5 Å². The third-order valence-electron chi connectivity index (χ3n) is 2.67. The Morgan fingerprint density at radius 1 is 1.47 bits per heavy atom. The summed E-state index contributed by atoms with van der Waals surface area (Å²) in [6.45, 7) is 2.33. The second-order valence-corrected chi connectivity index (χ2v) is 6.18. The van der Waals surface area contributed by atoms with Crippen LogP contribution in [0.4, 0.5) is 5.69 Å². The summed E-state index contributed by atoms with van der Waals surface area (Å²) >= 11 is 0. The van der Waals surface area contributed by atoms with Gasteiger partial charge in [0.25, 0.3) is 0 Å². The van der Waals surface area contributed by atoms with Crippen molar-refractivity contribution in [2.75, 3.05) is 17.0 Å². The quantitative estimate of drug-likeness (QED) is 0.791. The minimum atomic E-state index is -3.27. The van der Waals surface area contributed by atoms with Crippen LogP contribution in [0.5, 0.6) is 0 Å². The largest absolute Gasteiger partial charge is 0.313 e. The van der Waals surface area contributed by atoms with Crippen LogP contribution in [0.25, 0.3) is 0 Å². The molecule has 1 heterocycles. The molecule has 0 unspecified atom stereocenters. The summed E-state index contributed by atoms with van der Waals surface area (Å²) in [7, 11) is -3.27. The van der Waals surface area contributed by atoms with E-state index in [1.54, 1.807) is 18.5 Å². The van der Waals surface area contributed by atoms with Crippen LogP contribution in [0.2, 0.25) is 0 Å². The summed E-state index contributed by atoms with van der Waals surface area (Å²) in [5, 5.41) is 3.18. The van der Waals surface area contributed by atoms with Gasteiger partial charge in [-0.15, -0.1) is 0 Å². The molecule has 1 fully saturated rings. The van der Waals surface area contributed by atoms with E-state index in [-0.39, 0.29) is 5.75 Å². The van der Waals surface area contributed by atoms with Crippen molar-refractivity contribution >= 4 is 15.7 Å². The number of nitrogens with zero attached hydrogens (tertiary/aromatic N) is 1. The number of hydrogen-bond donors (Lipinski definition) is 2. The van der Waals surface area contributed by atoms with Crippen LogP contribution in [-0.2, 0) is 10.0 Å².